The van der Waals surface area contributed by atoms with Crippen molar-refractivity contribution in [3.05, 3.63) is 0 Å². The highest BCUT2D eigenvalue weighted by atomic mass is 16.5. The summed E-state index contributed by atoms with van der Waals surface area (Å²) in [4.78, 5) is 33.9. The van der Waals surface area contributed by atoms with Gasteiger partial charge in [-0.15, -0.1) is 0 Å². The molecule has 0 aliphatic carbocycles. The molecule has 0 aromatic carbocycles. The predicted octanol–water partition coefficient (Wildman–Crippen LogP) is 0.0462. The first-order valence-electron chi connectivity index (χ1n) is 8.27. The van der Waals surface area contributed by atoms with Crippen LogP contribution in [0.5, 0.6) is 0 Å². The maximum atomic E-state index is 11.5. The number of rotatable bonds is 15. The van der Waals surface area contributed by atoms with E-state index in [1.165, 1.54) is 0 Å². The van der Waals surface area contributed by atoms with E-state index in [1.807, 2.05) is 13.8 Å². The Morgan fingerprint density at radius 2 is 1.54 bits per heavy atom. The van der Waals surface area contributed by atoms with Crippen LogP contribution in [-0.4, -0.2) is 69.8 Å². The third kappa shape index (κ3) is 15.4. The maximum absolute atomic E-state index is 11.5. The Balaban J connectivity index is 3.43. The van der Waals surface area contributed by atoms with Gasteiger partial charge in [-0.2, -0.15) is 0 Å². The quantitative estimate of drug-likeness (QED) is 0.406. The molecule has 8 heteroatoms. The fraction of sp³-hybridized carbons (Fsp3) is 0.812. The van der Waals surface area contributed by atoms with Gasteiger partial charge >= 0.3 is 0 Å². The zero-order chi connectivity index (χ0) is 18.2. The molecule has 0 spiro atoms. The first-order chi connectivity index (χ1) is 11.5. The minimum atomic E-state index is -0.270. The van der Waals surface area contributed by atoms with E-state index in [0.717, 1.165) is 0 Å². The first-order valence-corrected chi connectivity index (χ1v) is 8.27. The molecule has 0 aliphatic heterocycles. The highest BCUT2D eigenvalue weighted by Gasteiger charge is 2.05. The van der Waals surface area contributed by atoms with E-state index in [1.54, 1.807) is 6.92 Å². The molecule has 0 saturated carbocycles. The molecule has 2 amide bonds. The van der Waals surface area contributed by atoms with Gasteiger partial charge in [0.15, 0.2) is 5.78 Å². The minimum absolute atomic E-state index is 0.0297. The van der Waals surface area contributed by atoms with E-state index in [9.17, 15) is 14.4 Å². The lowest BCUT2D eigenvalue weighted by Crippen LogP contribution is -2.34. The van der Waals surface area contributed by atoms with Gasteiger partial charge in [0.2, 0.25) is 11.8 Å². The summed E-state index contributed by atoms with van der Waals surface area (Å²) in [5.41, 5.74) is 0. The topological polar surface area (TPSA) is 103 Å². The van der Waals surface area contributed by atoms with Crippen LogP contribution in [0, 0.1) is 0 Å². The van der Waals surface area contributed by atoms with Crippen LogP contribution in [0.4, 0.5) is 0 Å². The van der Waals surface area contributed by atoms with Gasteiger partial charge in [-0.3, -0.25) is 14.4 Å². The van der Waals surface area contributed by atoms with Crippen molar-refractivity contribution >= 4 is 17.6 Å². The van der Waals surface area contributed by atoms with E-state index in [4.69, 9.17) is 14.2 Å². The lowest BCUT2D eigenvalue weighted by molar-refractivity contribution is -0.126. The first kappa shape index (κ1) is 22.5. The van der Waals surface area contributed by atoms with Crippen LogP contribution in [0.3, 0.4) is 0 Å². The molecule has 0 saturated heterocycles. The van der Waals surface area contributed by atoms with Gasteiger partial charge in [0.05, 0.1) is 25.9 Å². The van der Waals surface area contributed by atoms with E-state index < -0.39 is 0 Å². The second-order valence-electron chi connectivity index (χ2n) is 5.37. The standard InChI is InChI=1S/C16H30N2O6/c1-4-14(19)11-22-8-7-18-15(20)5-6-17-16(21)12-23-9-10-24-13(2)3/h13H,4-12H2,1-3H3,(H,17,21)(H,18,20). The van der Waals surface area contributed by atoms with Crippen molar-refractivity contribution in [2.24, 2.45) is 0 Å². The number of carbonyl (C=O) groups excluding carboxylic acids is 3. The number of ether oxygens (including phenoxy) is 3. The summed E-state index contributed by atoms with van der Waals surface area (Å²) in [5, 5.41) is 5.24. The van der Waals surface area contributed by atoms with Crippen LogP contribution in [-0.2, 0) is 28.6 Å². The molecule has 0 aromatic heterocycles. The van der Waals surface area contributed by atoms with Gasteiger partial charge in [0, 0.05) is 25.9 Å². The second kappa shape index (κ2) is 15.0. The third-order valence-corrected chi connectivity index (χ3v) is 2.81. The van der Waals surface area contributed by atoms with Crippen molar-refractivity contribution in [1.82, 2.24) is 10.6 Å². The minimum Gasteiger partial charge on any atom is -0.376 e. The Hall–Kier alpha value is -1.51. The summed E-state index contributed by atoms with van der Waals surface area (Å²) < 4.78 is 15.5. The van der Waals surface area contributed by atoms with Gasteiger partial charge in [0.25, 0.3) is 0 Å². The van der Waals surface area contributed by atoms with Crippen LogP contribution in [0.2, 0.25) is 0 Å². The maximum Gasteiger partial charge on any atom is 0.246 e. The number of carbonyl (C=O) groups is 3. The van der Waals surface area contributed by atoms with Crippen LogP contribution in [0.1, 0.15) is 33.6 Å². The highest BCUT2D eigenvalue weighted by Crippen LogP contribution is 1.87. The van der Waals surface area contributed by atoms with E-state index in [2.05, 4.69) is 10.6 Å². The summed E-state index contributed by atoms with van der Waals surface area (Å²) in [6, 6.07) is 0. The lowest BCUT2D eigenvalue weighted by atomic mass is 10.3. The fourth-order valence-electron chi connectivity index (χ4n) is 1.51. The van der Waals surface area contributed by atoms with Crippen molar-refractivity contribution in [2.45, 2.75) is 39.7 Å². The summed E-state index contributed by atoms with van der Waals surface area (Å²) in [6.45, 7) is 7.30. The Kier molecular flexibility index (Phi) is 14.1. The van der Waals surface area contributed by atoms with Crippen molar-refractivity contribution in [3.8, 4) is 0 Å². The van der Waals surface area contributed by atoms with Crippen LogP contribution in [0.25, 0.3) is 0 Å². The van der Waals surface area contributed by atoms with Crippen LogP contribution >= 0.6 is 0 Å². The molecule has 0 radical (unpaired) electrons. The Morgan fingerprint density at radius 1 is 0.875 bits per heavy atom. The molecule has 0 unspecified atom stereocenters. The molecule has 0 rings (SSSR count). The van der Waals surface area contributed by atoms with Gasteiger partial charge in [-0.05, 0) is 13.8 Å². The van der Waals surface area contributed by atoms with Crippen molar-refractivity contribution in [1.29, 1.82) is 0 Å². The number of ketones is 1. The Morgan fingerprint density at radius 3 is 2.21 bits per heavy atom. The molecule has 8 nitrogen and oxygen atoms in total. The summed E-state index contributed by atoms with van der Waals surface area (Å²) >= 11 is 0. The molecule has 0 bridgehead atoms. The van der Waals surface area contributed by atoms with Gasteiger partial charge in [-0.25, -0.2) is 0 Å². The number of hydrogen-bond acceptors (Lipinski definition) is 6. The molecule has 0 aromatic rings. The molecular formula is C16H30N2O6. The predicted molar refractivity (Wildman–Crippen MR) is 88.7 cm³/mol. The van der Waals surface area contributed by atoms with E-state index >= 15 is 0 Å². The second-order valence-corrected chi connectivity index (χ2v) is 5.37. The van der Waals surface area contributed by atoms with Crippen LogP contribution in [0.15, 0.2) is 0 Å². The van der Waals surface area contributed by atoms with Crippen molar-refractivity contribution in [3.63, 3.8) is 0 Å². The van der Waals surface area contributed by atoms with Crippen molar-refractivity contribution < 1.29 is 28.6 Å². The van der Waals surface area contributed by atoms with Gasteiger partial charge in [0.1, 0.15) is 13.2 Å². The largest absolute Gasteiger partial charge is 0.376 e. The van der Waals surface area contributed by atoms with Crippen LogP contribution < -0.4 is 10.6 Å². The molecule has 0 heterocycles. The average Bonchev–Trinajstić information content (AvgIpc) is 2.53. The van der Waals surface area contributed by atoms with E-state index in [0.29, 0.717) is 26.2 Å². The molecule has 0 aliphatic rings. The number of hydrogen-bond donors (Lipinski definition) is 2. The normalized spacial score (nSPS) is 10.7. The third-order valence-electron chi connectivity index (χ3n) is 2.81. The number of Topliss-reactive ketones (excluding diaryl/α,β-unsaturated/α-hetero) is 1. The van der Waals surface area contributed by atoms with Gasteiger partial charge < -0.3 is 24.8 Å². The number of amides is 2. The molecule has 140 valence electrons. The molecule has 2 N–H and O–H groups in total. The fourth-order valence-corrected chi connectivity index (χ4v) is 1.51. The molecular weight excluding hydrogens is 316 g/mol. The average molecular weight is 346 g/mol. The SMILES string of the molecule is CCC(=O)COCCNC(=O)CCNC(=O)COCCOC(C)C. The smallest absolute Gasteiger partial charge is 0.246 e. The highest BCUT2D eigenvalue weighted by molar-refractivity contribution is 5.80. The molecule has 24 heavy (non-hydrogen) atoms. The Labute approximate surface area is 143 Å². The zero-order valence-corrected chi connectivity index (χ0v) is 14.9. The Bertz CT molecular complexity index is 374. The van der Waals surface area contributed by atoms with E-state index in [-0.39, 0.29) is 56.5 Å². The number of nitrogens with one attached hydrogen (secondary N) is 2. The summed E-state index contributed by atoms with van der Waals surface area (Å²) in [7, 11) is 0. The monoisotopic (exact) mass is 346 g/mol. The van der Waals surface area contributed by atoms with Gasteiger partial charge in [-0.1, -0.05) is 6.92 Å². The summed E-state index contributed by atoms with van der Waals surface area (Å²) in [6.07, 6.45) is 0.759. The lowest BCUT2D eigenvalue weighted by Gasteiger charge is -2.09. The zero-order valence-electron chi connectivity index (χ0n) is 14.9. The summed E-state index contributed by atoms with van der Waals surface area (Å²) in [5.74, 6) is -0.428. The van der Waals surface area contributed by atoms with Crippen molar-refractivity contribution in [2.75, 3.05) is 46.1 Å². The molecule has 0 fully saturated rings. The molecule has 0 atom stereocenters.